The molecule has 5 nitrogen and oxygen atoms in total. The third-order valence-corrected chi connectivity index (χ3v) is 6.37. The van der Waals surface area contributed by atoms with E-state index in [-0.39, 0.29) is 23.6 Å². The maximum Gasteiger partial charge on any atom is 0.223 e. The summed E-state index contributed by atoms with van der Waals surface area (Å²) in [6, 6.07) is 9.40. The minimum atomic E-state index is -3.32. The lowest BCUT2D eigenvalue weighted by molar-refractivity contribution is -0.126. The molecule has 1 aliphatic heterocycles. The Hall–Kier alpha value is -1.40. The van der Waals surface area contributed by atoms with Crippen LogP contribution in [-0.4, -0.2) is 37.8 Å². The SMILES string of the molecule is CCCC(C)NC(=O)C1CCN(S(=O)(=O)Cc2ccccc2)CC1. The first-order chi connectivity index (χ1) is 11.4. The molecule has 24 heavy (non-hydrogen) atoms. The monoisotopic (exact) mass is 352 g/mol. The summed E-state index contributed by atoms with van der Waals surface area (Å²) in [5.74, 6) is 0.0154. The van der Waals surface area contributed by atoms with Crippen LogP contribution in [0.2, 0.25) is 0 Å². The lowest BCUT2D eigenvalue weighted by Gasteiger charge is -2.31. The summed E-state index contributed by atoms with van der Waals surface area (Å²) in [4.78, 5) is 12.3. The van der Waals surface area contributed by atoms with Gasteiger partial charge in [-0.05, 0) is 31.7 Å². The van der Waals surface area contributed by atoms with Crippen molar-refractivity contribution in [2.75, 3.05) is 13.1 Å². The van der Waals surface area contributed by atoms with Gasteiger partial charge in [0.25, 0.3) is 0 Å². The number of piperidine rings is 1. The predicted octanol–water partition coefficient (Wildman–Crippen LogP) is 2.53. The highest BCUT2D eigenvalue weighted by Gasteiger charge is 2.31. The van der Waals surface area contributed by atoms with Gasteiger partial charge in [0.2, 0.25) is 15.9 Å². The molecule has 0 aliphatic carbocycles. The molecule has 1 atom stereocenters. The quantitative estimate of drug-likeness (QED) is 0.820. The summed E-state index contributed by atoms with van der Waals surface area (Å²) in [6.45, 7) is 4.96. The molecule has 1 unspecified atom stereocenters. The van der Waals surface area contributed by atoms with Crippen molar-refractivity contribution in [3.8, 4) is 0 Å². The molecule has 0 spiro atoms. The van der Waals surface area contributed by atoms with Crippen LogP contribution in [0.4, 0.5) is 0 Å². The van der Waals surface area contributed by atoms with Gasteiger partial charge >= 0.3 is 0 Å². The maximum atomic E-state index is 12.5. The zero-order valence-electron chi connectivity index (χ0n) is 14.6. The van der Waals surface area contributed by atoms with Crippen molar-refractivity contribution in [2.45, 2.75) is 51.3 Å². The molecular weight excluding hydrogens is 324 g/mol. The van der Waals surface area contributed by atoms with Gasteiger partial charge in [0.15, 0.2) is 0 Å². The first-order valence-corrected chi connectivity index (χ1v) is 10.4. The molecular formula is C18H28N2O3S. The number of hydrogen-bond donors (Lipinski definition) is 1. The molecule has 6 heteroatoms. The van der Waals surface area contributed by atoms with Crippen molar-refractivity contribution in [3.63, 3.8) is 0 Å². The van der Waals surface area contributed by atoms with E-state index in [4.69, 9.17) is 0 Å². The Labute approximate surface area is 145 Å². The molecule has 0 radical (unpaired) electrons. The second-order valence-corrected chi connectivity index (χ2v) is 8.58. The predicted molar refractivity (Wildman–Crippen MR) is 95.9 cm³/mol. The minimum absolute atomic E-state index is 0.0260. The van der Waals surface area contributed by atoms with E-state index in [9.17, 15) is 13.2 Å². The lowest BCUT2D eigenvalue weighted by atomic mass is 9.96. The van der Waals surface area contributed by atoms with Crippen LogP contribution in [0, 0.1) is 5.92 Å². The molecule has 1 saturated heterocycles. The van der Waals surface area contributed by atoms with Gasteiger partial charge in [-0.25, -0.2) is 12.7 Å². The fraction of sp³-hybridized carbons (Fsp3) is 0.611. The highest BCUT2D eigenvalue weighted by atomic mass is 32.2. The molecule has 1 heterocycles. The van der Waals surface area contributed by atoms with Crippen molar-refractivity contribution < 1.29 is 13.2 Å². The third-order valence-electron chi connectivity index (χ3n) is 4.52. The molecule has 1 aliphatic rings. The van der Waals surface area contributed by atoms with Crippen LogP contribution in [0.3, 0.4) is 0 Å². The molecule has 134 valence electrons. The van der Waals surface area contributed by atoms with Crippen LogP contribution >= 0.6 is 0 Å². The second kappa shape index (κ2) is 8.62. The fourth-order valence-corrected chi connectivity index (χ4v) is 4.70. The first kappa shape index (κ1) is 18.9. The van der Waals surface area contributed by atoms with Crippen LogP contribution in [0.25, 0.3) is 0 Å². The first-order valence-electron chi connectivity index (χ1n) is 8.74. The van der Waals surface area contributed by atoms with Gasteiger partial charge in [0.05, 0.1) is 5.75 Å². The van der Waals surface area contributed by atoms with Crippen molar-refractivity contribution >= 4 is 15.9 Å². The fourth-order valence-electron chi connectivity index (χ4n) is 3.14. The van der Waals surface area contributed by atoms with Gasteiger partial charge in [-0.2, -0.15) is 0 Å². The Balaban J connectivity index is 1.86. The Bertz CT molecular complexity index is 623. The van der Waals surface area contributed by atoms with E-state index >= 15 is 0 Å². The van der Waals surface area contributed by atoms with Gasteiger partial charge in [0.1, 0.15) is 0 Å². The van der Waals surface area contributed by atoms with E-state index in [1.165, 1.54) is 4.31 Å². The molecule has 1 aromatic rings. The smallest absolute Gasteiger partial charge is 0.223 e. The zero-order valence-corrected chi connectivity index (χ0v) is 15.4. The Kier molecular flexibility index (Phi) is 6.80. The summed E-state index contributed by atoms with van der Waals surface area (Å²) in [6.07, 6.45) is 3.20. The Morgan fingerprint density at radius 2 is 1.88 bits per heavy atom. The second-order valence-electron chi connectivity index (χ2n) is 6.61. The Morgan fingerprint density at radius 1 is 1.25 bits per heavy atom. The average Bonchev–Trinajstić information content (AvgIpc) is 2.55. The molecule has 1 amide bonds. The van der Waals surface area contributed by atoms with Gasteiger partial charge in [0, 0.05) is 25.0 Å². The van der Waals surface area contributed by atoms with Crippen molar-refractivity contribution in [1.29, 1.82) is 0 Å². The number of sulfonamides is 1. The standard InChI is InChI=1S/C18H28N2O3S/c1-3-7-15(2)19-18(21)17-10-12-20(13-11-17)24(22,23)14-16-8-5-4-6-9-16/h4-6,8-9,15,17H,3,7,10-14H2,1-2H3,(H,19,21). The highest BCUT2D eigenvalue weighted by molar-refractivity contribution is 7.88. The van der Waals surface area contributed by atoms with E-state index in [2.05, 4.69) is 12.2 Å². The van der Waals surface area contributed by atoms with Crippen molar-refractivity contribution in [3.05, 3.63) is 35.9 Å². The van der Waals surface area contributed by atoms with Gasteiger partial charge < -0.3 is 5.32 Å². The van der Waals surface area contributed by atoms with E-state index in [0.29, 0.717) is 25.9 Å². The molecule has 2 rings (SSSR count). The topological polar surface area (TPSA) is 66.5 Å². The molecule has 0 bridgehead atoms. The largest absolute Gasteiger partial charge is 0.353 e. The average molecular weight is 353 g/mol. The van der Waals surface area contributed by atoms with Gasteiger partial charge in [-0.1, -0.05) is 43.7 Å². The lowest BCUT2D eigenvalue weighted by Crippen LogP contribution is -2.45. The van der Waals surface area contributed by atoms with E-state index in [1.807, 2.05) is 37.3 Å². The summed E-state index contributed by atoms with van der Waals surface area (Å²) in [5.41, 5.74) is 0.797. The number of nitrogens with zero attached hydrogens (tertiary/aromatic N) is 1. The Morgan fingerprint density at radius 3 is 2.46 bits per heavy atom. The number of rotatable bonds is 7. The van der Waals surface area contributed by atoms with E-state index in [0.717, 1.165) is 18.4 Å². The summed E-state index contributed by atoms with van der Waals surface area (Å²) in [5, 5.41) is 3.04. The maximum absolute atomic E-state index is 12.5. The molecule has 1 aromatic carbocycles. The molecule has 1 fully saturated rings. The summed E-state index contributed by atoms with van der Waals surface area (Å²) >= 11 is 0. The number of nitrogens with one attached hydrogen (secondary N) is 1. The summed E-state index contributed by atoms with van der Waals surface area (Å²) < 4.78 is 26.6. The number of carbonyl (C=O) groups excluding carboxylic acids is 1. The molecule has 0 aromatic heterocycles. The van der Waals surface area contributed by atoms with Crippen LogP contribution < -0.4 is 5.32 Å². The van der Waals surface area contributed by atoms with Gasteiger partial charge in [-0.3, -0.25) is 4.79 Å². The number of hydrogen-bond acceptors (Lipinski definition) is 3. The zero-order chi connectivity index (χ0) is 17.6. The van der Waals surface area contributed by atoms with Crippen molar-refractivity contribution in [2.24, 2.45) is 5.92 Å². The van der Waals surface area contributed by atoms with E-state index < -0.39 is 10.0 Å². The van der Waals surface area contributed by atoms with Crippen LogP contribution in [0.5, 0.6) is 0 Å². The van der Waals surface area contributed by atoms with Crippen LogP contribution in [0.1, 0.15) is 45.1 Å². The normalized spacial score (nSPS) is 18.2. The van der Waals surface area contributed by atoms with Crippen LogP contribution in [-0.2, 0) is 20.6 Å². The summed E-state index contributed by atoms with van der Waals surface area (Å²) in [7, 11) is -3.32. The number of carbonyl (C=O) groups is 1. The minimum Gasteiger partial charge on any atom is -0.353 e. The van der Waals surface area contributed by atoms with Crippen LogP contribution in [0.15, 0.2) is 30.3 Å². The van der Waals surface area contributed by atoms with E-state index in [1.54, 1.807) is 0 Å². The third kappa shape index (κ3) is 5.31. The number of amides is 1. The highest BCUT2D eigenvalue weighted by Crippen LogP contribution is 2.22. The molecule has 0 saturated carbocycles. The van der Waals surface area contributed by atoms with Crippen molar-refractivity contribution in [1.82, 2.24) is 9.62 Å². The van der Waals surface area contributed by atoms with Gasteiger partial charge in [-0.15, -0.1) is 0 Å². The number of benzene rings is 1. The molecule has 1 N–H and O–H groups in total.